The molecule has 1 unspecified atom stereocenters. The Bertz CT molecular complexity index is 227. The van der Waals surface area contributed by atoms with Gasteiger partial charge in [0.05, 0.1) is 5.92 Å². The van der Waals surface area contributed by atoms with E-state index in [1.54, 1.807) is 11.8 Å². The summed E-state index contributed by atoms with van der Waals surface area (Å²) in [5, 5.41) is 11.4. The van der Waals surface area contributed by atoms with Crippen molar-refractivity contribution in [2.45, 2.75) is 33.6 Å². The SMILES string of the molecule is CCN(CC)C(=O)NCCCC(C)C(=O)O. The van der Waals surface area contributed by atoms with Crippen molar-refractivity contribution in [1.82, 2.24) is 10.2 Å². The van der Waals surface area contributed by atoms with E-state index in [0.29, 0.717) is 32.5 Å². The Morgan fingerprint density at radius 1 is 1.31 bits per heavy atom. The first-order valence-electron chi connectivity index (χ1n) is 5.78. The van der Waals surface area contributed by atoms with Crippen LogP contribution in [0, 0.1) is 5.92 Å². The van der Waals surface area contributed by atoms with Crippen LogP contribution < -0.4 is 5.32 Å². The van der Waals surface area contributed by atoms with Gasteiger partial charge in [-0.15, -0.1) is 0 Å². The maximum atomic E-state index is 11.5. The van der Waals surface area contributed by atoms with Crippen LogP contribution in [0.15, 0.2) is 0 Å². The monoisotopic (exact) mass is 230 g/mol. The smallest absolute Gasteiger partial charge is 0.317 e. The molecule has 0 aliphatic rings. The number of hydrogen-bond donors (Lipinski definition) is 2. The summed E-state index contributed by atoms with van der Waals surface area (Å²) < 4.78 is 0. The van der Waals surface area contributed by atoms with Crippen molar-refractivity contribution in [3.8, 4) is 0 Å². The molecule has 0 aliphatic heterocycles. The van der Waals surface area contributed by atoms with Crippen LogP contribution in [0.3, 0.4) is 0 Å². The Morgan fingerprint density at radius 3 is 2.31 bits per heavy atom. The first kappa shape index (κ1) is 14.7. The van der Waals surface area contributed by atoms with E-state index in [1.165, 1.54) is 0 Å². The third-order valence-electron chi connectivity index (χ3n) is 2.56. The molecule has 0 saturated carbocycles. The Balaban J connectivity index is 3.66. The minimum absolute atomic E-state index is 0.0759. The fourth-order valence-electron chi connectivity index (χ4n) is 1.35. The lowest BCUT2D eigenvalue weighted by Crippen LogP contribution is -2.40. The summed E-state index contributed by atoms with van der Waals surface area (Å²) in [5.41, 5.74) is 0. The first-order chi connectivity index (χ1) is 7.52. The molecule has 0 saturated heterocycles. The summed E-state index contributed by atoms with van der Waals surface area (Å²) in [4.78, 5) is 23.7. The molecule has 1 atom stereocenters. The number of carbonyl (C=O) groups excluding carboxylic acids is 1. The Labute approximate surface area is 96.8 Å². The number of nitrogens with zero attached hydrogens (tertiary/aromatic N) is 1. The van der Waals surface area contributed by atoms with E-state index in [1.807, 2.05) is 13.8 Å². The highest BCUT2D eigenvalue weighted by Crippen LogP contribution is 2.04. The zero-order valence-corrected chi connectivity index (χ0v) is 10.3. The Hall–Kier alpha value is -1.26. The zero-order valence-electron chi connectivity index (χ0n) is 10.3. The summed E-state index contributed by atoms with van der Waals surface area (Å²) in [6.07, 6.45) is 1.29. The summed E-state index contributed by atoms with van der Waals surface area (Å²) >= 11 is 0. The summed E-state index contributed by atoms with van der Waals surface area (Å²) in [5.74, 6) is -1.12. The summed E-state index contributed by atoms with van der Waals surface area (Å²) in [6.45, 7) is 7.44. The number of carbonyl (C=O) groups is 2. The molecule has 5 heteroatoms. The third-order valence-corrected chi connectivity index (χ3v) is 2.56. The second-order valence-corrected chi connectivity index (χ2v) is 3.79. The molecular weight excluding hydrogens is 208 g/mol. The van der Waals surface area contributed by atoms with E-state index in [0.717, 1.165) is 0 Å². The van der Waals surface area contributed by atoms with Crippen LogP contribution in [0.25, 0.3) is 0 Å². The number of hydrogen-bond acceptors (Lipinski definition) is 2. The van der Waals surface area contributed by atoms with Gasteiger partial charge in [-0.2, -0.15) is 0 Å². The molecule has 0 bridgehead atoms. The van der Waals surface area contributed by atoms with Gasteiger partial charge in [0.1, 0.15) is 0 Å². The van der Waals surface area contributed by atoms with Gasteiger partial charge in [0.25, 0.3) is 0 Å². The molecule has 0 fully saturated rings. The zero-order chi connectivity index (χ0) is 12.6. The fraction of sp³-hybridized carbons (Fsp3) is 0.818. The minimum atomic E-state index is -0.782. The lowest BCUT2D eigenvalue weighted by molar-refractivity contribution is -0.141. The van der Waals surface area contributed by atoms with Crippen LogP contribution in [0.4, 0.5) is 4.79 Å². The largest absolute Gasteiger partial charge is 0.481 e. The van der Waals surface area contributed by atoms with Crippen molar-refractivity contribution in [1.29, 1.82) is 0 Å². The molecule has 2 amide bonds. The number of carboxylic acids is 1. The van der Waals surface area contributed by atoms with Crippen LogP contribution in [0.2, 0.25) is 0 Å². The standard InChI is InChI=1S/C11H22N2O3/c1-4-13(5-2)11(16)12-8-6-7-9(3)10(14)15/h9H,4-8H2,1-3H3,(H,12,16)(H,14,15). The average Bonchev–Trinajstić information content (AvgIpc) is 2.25. The summed E-state index contributed by atoms with van der Waals surface area (Å²) in [6, 6.07) is -0.0759. The van der Waals surface area contributed by atoms with Crippen LogP contribution in [0.5, 0.6) is 0 Å². The molecule has 0 aliphatic carbocycles. The van der Waals surface area contributed by atoms with Gasteiger partial charge in [-0.3, -0.25) is 4.79 Å². The normalized spacial score (nSPS) is 11.9. The first-order valence-corrected chi connectivity index (χ1v) is 5.78. The number of aliphatic carboxylic acids is 1. The Morgan fingerprint density at radius 2 is 1.88 bits per heavy atom. The number of rotatable bonds is 7. The lowest BCUT2D eigenvalue weighted by Gasteiger charge is -2.19. The molecule has 5 nitrogen and oxygen atoms in total. The van der Waals surface area contributed by atoms with Crippen LogP contribution in [-0.4, -0.2) is 41.6 Å². The van der Waals surface area contributed by atoms with E-state index >= 15 is 0 Å². The molecule has 0 spiro atoms. The molecule has 2 N–H and O–H groups in total. The number of urea groups is 1. The summed E-state index contributed by atoms with van der Waals surface area (Å²) in [7, 11) is 0. The van der Waals surface area contributed by atoms with Gasteiger partial charge < -0.3 is 15.3 Å². The fourth-order valence-corrected chi connectivity index (χ4v) is 1.35. The van der Waals surface area contributed by atoms with Crippen molar-refractivity contribution >= 4 is 12.0 Å². The van der Waals surface area contributed by atoms with E-state index in [9.17, 15) is 9.59 Å². The second kappa shape index (κ2) is 7.96. The highest BCUT2D eigenvalue weighted by Gasteiger charge is 2.11. The van der Waals surface area contributed by atoms with Gasteiger partial charge in [-0.1, -0.05) is 6.92 Å². The van der Waals surface area contributed by atoms with Crippen LogP contribution in [-0.2, 0) is 4.79 Å². The molecule has 16 heavy (non-hydrogen) atoms. The second-order valence-electron chi connectivity index (χ2n) is 3.79. The van der Waals surface area contributed by atoms with Crippen molar-refractivity contribution in [2.75, 3.05) is 19.6 Å². The van der Waals surface area contributed by atoms with Gasteiger partial charge >= 0.3 is 12.0 Å². The topological polar surface area (TPSA) is 69.6 Å². The van der Waals surface area contributed by atoms with Gasteiger partial charge in [0.2, 0.25) is 0 Å². The van der Waals surface area contributed by atoms with Gasteiger partial charge in [-0.05, 0) is 26.7 Å². The molecule has 0 rings (SSSR count). The van der Waals surface area contributed by atoms with E-state index in [2.05, 4.69) is 5.32 Å². The third kappa shape index (κ3) is 5.58. The molecule has 0 aromatic rings. The van der Waals surface area contributed by atoms with Crippen molar-refractivity contribution in [3.63, 3.8) is 0 Å². The maximum absolute atomic E-state index is 11.5. The highest BCUT2D eigenvalue weighted by atomic mass is 16.4. The quantitative estimate of drug-likeness (QED) is 0.652. The van der Waals surface area contributed by atoms with E-state index < -0.39 is 5.97 Å². The van der Waals surface area contributed by atoms with Gasteiger partial charge in [0, 0.05) is 19.6 Å². The van der Waals surface area contributed by atoms with E-state index in [-0.39, 0.29) is 11.9 Å². The molecule has 0 aromatic carbocycles. The maximum Gasteiger partial charge on any atom is 0.317 e. The number of amides is 2. The van der Waals surface area contributed by atoms with E-state index in [4.69, 9.17) is 5.11 Å². The van der Waals surface area contributed by atoms with Crippen molar-refractivity contribution < 1.29 is 14.7 Å². The molecule has 0 radical (unpaired) electrons. The Kier molecular flexibility index (Phi) is 7.33. The lowest BCUT2D eigenvalue weighted by atomic mass is 10.1. The average molecular weight is 230 g/mol. The van der Waals surface area contributed by atoms with Crippen LogP contribution in [0.1, 0.15) is 33.6 Å². The minimum Gasteiger partial charge on any atom is -0.481 e. The molecular formula is C11H22N2O3. The van der Waals surface area contributed by atoms with Gasteiger partial charge in [0.15, 0.2) is 0 Å². The molecule has 94 valence electrons. The highest BCUT2D eigenvalue weighted by molar-refractivity contribution is 5.74. The molecule has 0 aromatic heterocycles. The van der Waals surface area contributed by atoms with Crippen molar-refractivity contribution in [3.05, 3.63) is 0 Å². The predicted octanol–water partition coefficient (Wildman–Crippen LogP) is 1.54. The van der Waals surface area contributed by atoms with Crippen molar-refractivity contribution in [2.24, 2.45) is 5.92 Å². The van der Waals surface area contributed by atoms with Gasteiger partial charge in [-0.25, -0.2) is 4.79 Å². The number of carboxylic acid groups (broad SMARTS) is 1. The number of nitrogens with one attached hydrogen (secondary N) is 1. The molecule has 0 heterocycles. The predicted molar refractivity (Wildman–Crippen MR) is 62.4 cm³/mol. The van der Waals surface area contributed by atoms with Crippen LogP contribution >= 0.6 is 0 Å².